The summed E-state index contributed by atoms with van der Waals surface area (Å²) in [5, 5.41) is 2.80. The third kappa shape index (κ3) is 4.71. The van der Waals surface area contributed by atoms with Crippen LogP contribution < -0.4 is 14.9 Å². The van der Waals surface area contributed by atoms with Crippen LogP contribution in [0.15, 0.2) is 47.4 Å². The van der Waals surface area contributed by atoms with E-state index in [2.05, 4.69) is 10.0 Å². The monoisotopic (exact) mass is 429 g/mol. The Morgan fingerprint density at radius 1 is 1.13 bits per heavy atom. The molecule has 160 valence electrons. The van der Waals surface area contributed by atoms with Crippen LogP contribution in [0.1, 0.15) is 38.8 Å². The van der Waals surface area contributed by atoms with Crippen molar-refractivity contribution in [3.05, 3.63) is 53.6 Å². The van der Waals surface area contributed by atoms with Crippen LogP contribution in [-0.4, -0.2) is 26.3 Å². The molecule has 8 heteroatoms. The lowest BCUT2D eigenvalue weighted by Crippen LogP contribution is -2.33. The first-order chi connectivity index (χ1) is 14.1. The molecule has 1 aliphatic rings. The zero-order valence-corrected chi connectivity index (χ0v) is 18.4. The lowest BCUT2D eigenvalue weighted by atomic mass is 10.1. The molecule has 3 rings (SSSR count). The predicted molar refractivity (Wildman–Crippen MR) is 117 cm³/mol. The Bertz CT molecular complexity index is 1060. The van der Waals surface area contributed by atoms with Gasteiger partial charge in [0.2, 0.25) is 21.8 Å². The minimum Gasteiger partial charge on any atom is -0.326 e. The lowest BCUT2D eigenvalue weighted by Gasteiger charge is -2.20. The number of nitrogens with zero attached hydrogens (tertiary/aromatic N) is 1. The Morgan fingerprint density at radius 2 is 1.80 bits per heavy atom. The van der Waals surface area contributed by atoms with Gasteiger partial charge in [-0.25, -0.2) is 13.1 Å². The number of hydrogen-bond donors (Lipinski definition) is 2. The number of anilines is 2. The summed E-state index contributed by atoms with van der Waals surface area (Å²) in [4.78, 5) is 25.5. The van der Waals surface area contributed by atoms with Crippen LogP contribution >= 0.6 is 0 Å². The molecule has 2 N–H and O–H groups in total. The average molecular weight is 430 g/mol. The molecule has 0 aromatic heterocycles. The van der Waals surface area contributed by atoms with Gasteiger partial charge >= 0.3 is 0 Å². The second-order valence-corrected chi connectivity index (χ2v) is 9.67. The standard InChI is InChI=1S/C22H27N3O4S/c1-14(2)22(27)24-19-7-5-17(6-8-19)13-23-30(28,29)20-9-10-21-18(12-20)11-15(3)25(21)16(4)26/h5-10,12,14-15,23H,11,13H2,1-4H3,(H,24,27). The summed E-state index contributed by atoms with van der Waals surface area (Å²) >= 11 is 0. The Morgan fingerprint density at radius 3 is 2.40 bits per heavy atom. The number of rotatable bonds is 6. The van der Waals surface area contributed by atoms with Crippen molar-refractivity contribution >= 4 is 33.2 Å². The van der Waals surface area contributed by atoms with Gasteiger partial charge in [-0.3, -0.25) is 9.59 Å². The highest BCUT2D eigenvalue weighted by Crippen LogP contribution is 2.33. The van der Waals surface area contributed by atoms with Gasteiger partial charge in [0.1, 0.15) is 0 Å². The normalized spacial score (nSPS) is 15.9. The molecular formula is C22H27N3O4S. The van der Waals surface area contributed by atoms with Gasteiger partial charge in [0, 0.05) is 36.8 Å². The van der Waals surface area contributed by atoms with Crippen molar-refractivity contribution in [2.45, 2.75) is 51.6 Å². The number of benzene rings is 2. The molecule has 0 radical (unpaired) electrons. The topological polar surface area (TPSA) is 95.6 Å². The zero-order chi connectivity index (χ0) is 22.1. The van der Waals surface area contributed by atoms with Crippen molar-refractivity contribution in [3.8, 4) is 0 Å². The maximum Gasteiger partial charge on any atom is 0.240 e. The third-order valence-electron chi connectivity index (χ3n) is 5.13. The second-order valence-electron chi connectivity index (χ2n) is 7.90. The molecule has 30 heavy (non-hydrogen) atoms. The summed E-state index contributed by atoms with van der Waals surface area (Å²) in [6.07, 6.45) is 0.627. The van der Waals surface area contributed by atoms with Crippen molar-refractivity contribution in [1.82, 2.24) is 4.72 Å². The molecule has 0 bridgehead atoms. The van der Waals surface area contributed by atoms with Crippen LogP contribution in [0.4, 0.5) is 11.4 Å². The SMILES string of the molecule is CC(=O)N1c2ccc(S(=O)(=O)NCc3ccc(NC(=O)C(C)C)cc3)cc2CC1C. The Labute approximate surface area is 177 Å². The maximum atomic E-state index is 12.7. The Kier molecular flexibility index (Phi) is 6.28. The van der Waals surface area contributed by atoms with Crippen molar-refractivity contribution < 1.29 is 18.0 Å². The maximum absolute atomic E-state index is 12.7. The van der Waals surface area contributed by atoms with Crippen LogP contribution in [0, 0.1) is 5.92 Å². The van der Waals surface area contributed by atoms with E-state index in [9.17, 15) is 18.0 Å². The molecule has 1 unspecified atom stereocenters. The zero-order valence-electron chi connectivity index (χ0n) is 17.6. The van der Waals surface area contributed by atoms with Gasteiger partial charge in [-0.15, -0.1) is 0 Å². The van der Waals surface area contributed by atoms with Crippen LogP contribution in [0.5, 0.6) is 0 Å². The van der Waals surface area contributed by atoms with Gasteiger partial charge < -0.3 is 10.2 Å². The largest absolute Gasteiger partial charge is 0.326 e. The van der Waals surface area contributed by atoms with Gasteiger partial charge in [-0.05, 0) is 54.8 Å². The molecule has 0 fully saturated rings. The highest BCUT2D eigenvalue weighted by Gasteiger charge is 2.30. The van der Waals surface area contributed by atoms with E-state index in [1.807, 2.05) is 20.8 Å². The number of fused-ring (bicyclic) bond motifs is 1. The van der Waals surface area contributed by atoms with E-state index in [1.54, 1.807) is 41.3 Å². The highest BCUT2D eigenvalue weighted by molar-refractivity contribution is 7.89. The molecule has 7 nitrogen and oxygen atoms in total. The number of amides is 2. The molecule has 2 amide bonds. The van der Waals surface area contributed by atoms with Crippen molar-refractivity contribution in [3.63, 3.8) is 0 Å². The summed E-state index contributed by atoms with van der Waals surface area (Å²) in [5.41, 5.74) is 3.07. The number of sulfonamides is 1. The number of carbonyl (C=O) groups is 2. The van der Waals surface area contributed by atoms with Gasteiger partial charge in [-0.1, -0.05) is 26.0 Å². The molecule has 0 saturated heterocycles. The summed E-state index contributed by atoms with van der Waals surface area (Å²) in [6.45, 7) is 7.22. The fourth-order valence-corrected chi connectivity index (χ4v) is 4.58. The van der Waals surface area contributed by atoms with Crippen molar-refractivity contribution in [2.75, 3.05) is 10.2 Å². The molecule has 2 aromatic rings. The first-order valence-corrected chi connectivity index (χ1v) is 11.4. The number of carbonyl (C=O) groups excluding carboxylic acids is 2. The summed E-state index contributed by atoms with van der Waals surface area (Å²) < 4.78 is 28.1. The fraction of sp³-hybridized carbons (Fsp3) is 0.364. The Hall–Kier alpha value is -2.71. The first-order valence-electron chi connectivity index (χ1n) is 9.90. The molecule has 1 heterocycles. The van der Waals surface area contributed by atoms with Crippen molar-refractivity contribution in [1.29, 1.82) is 0 Å². The van der Waals surface area contributed by atoms with Gasteiger partial charge in [0.05, 0.1) is 4.90 Å². The van der Waals surface area contributed by atoms with Crippen molar-refractivity contribution in [2.24, 2.45) is 5.92 Å². The molecule has 1 atom stereocenters. The second kappa shape index (κ2) is 8.57. The minimum absolute atomic E-state index is 0.0121. The van der Waals surface area contributed by atoms with Gasteiger partial charge in [0.15, 0.2) is 0 Å². The van der Waals surface area contributed by atoms with Crippen LogP contribution in [-0.2, 0) is 32.6 Å². The number of hydrogen-bond acceptors (Lipinski definition) is 4. The quantitative estimate of drug-likeness (QED) is 0.738. The van der Waals surface area contributed by atoms with E-state index in [0.29, 0.717) is 12.1 Å². The minimum atomic E-state index is -3.70. The third-order valence-corrected chi connectivity index (χ3v) is 6.53. The lowest BCUT2D eigenvalue weighted by molar-refractivity contribution is -0.119. The van der Waals surface area contributed by atoms with E-state index in [0.717, 1.165) is 16.8 Å². The molecule has 0 saturated carbocycles. The van der Waals surface area contributed by atoms with E-state index in [4.69, 9.17) is 0 Å². The smallest absolute Gasteiger partial charge is 0.240 e. The van der Waals surface area contributed by atoms with E-state index < -0.39 is 10.0 Å². The molecule has 1 aliphatic heterocycles. The molecule has 0 spiro atoms. The van der Waals surface area contributed by atoms with Gasteiger partial charge in [-0.2, -0.15) is 0 Å². The van der Waals surface area contributed by atoms with E-state index >= 15 is 0 Å². The highest BCUT2D eigenvalue weighted by atomic mass is 32.2. The molecule has 0 aliphatic carbocycles. The van der Waals surface area contributed by atoms with Crippen LogP contribution in [0.3, 0.4) is 0 Å². The van der Waals surface area contributed by atoms with Crippen LogP contribution in [0.2, 0.25) is 0 Å². The van der Waals surface area contributed by atoms with Gasteiger partial charge in [0.25, 0.3) is 0 Å². The predicted octanol–water partition coefficient (Wildman–Crippen LogP) is 3.06. The fourth-order valence-electron chi connectivity index (χ4n) is 3.51. The van der Waals surface area contributed by atoms with E-state index in [-0.39, 0.29) is 35.2 Å². The summed E-state index contributed by atoms with van der Waals surface area (Å²) in [7, 11) is -3.70. The average Bonchev–Trinajstić information content (AvgIpc) is 3.02. The molecular weight excluding hydrogens is 402 g/mol. The summed E-state index contributed by atoms with van der Waals surface area (Å²) in [5.74, 6) is -0.241. The molecule has 2 aromatic carbocycles. The number of nitrogens with one attached hydrogen (secondary N) is 2. The first kappa shape index (κ1) is 22.0. The Balaban J connectivity index is 1.68. The van der Waals surface area contributed by atoms with Crippen LogP contribution in [0.25, 0.3) is 0 Å². The van der Waals surface area contributed by atoms with E-state index in [1.165, 1.54) is 13.0 Å². The summed E-state index contributed by atoms with van der Waals surface area (Å²) in [6, 6.07) is 11.9.